The summed E-state index contributed by atoms with van der Waals surface area (Å²) in [5, 5.41) is 3.17. The number of fused-ring (bicyclic) bond motifs is 1. The van der Waals surface area contributed by atoms with Crippen LogP contribution in [0.5, 0.6) is 0 Å². The Bertz CT molecular complexity index is 1410. The Morgan fingerprint density at radius 3 is 2.45 bits per heavy atom. The lowest BCUT2D eigenvalue weighted by Gasteiger charge is -2.11. The highest BCUT2D eigenvalue weighted by Gasteiger charge is 2.16. The maximum Gasteiger partial charge on any atom is 0.332 e. The molecule has 2 aromatic heterocycles. The molecular weight excluding hydrogens is 425 g/mol. The van der Waals surface area contributed by atoms with E-state index < -0.39 is 29.5 Å². The summed E-state index contributed by atoms with van der Waals surface area (Å²) in [6, 6.07) is 11.9. The van der Waals surface area contributed by atoms with Gasteiger partial charge in [0.15, 0.2) is 11.5 Å². The Balaban J connectivity index is 1.70. The number of nitrogens with one attached hydrogen (secondary N) is 1. The number of amides is 1. The van der Waals surface area contributed by atoms with Crippen LogP contribution in [0, 0.1) is 5.82 Å². The largest absolute Gasteiger partial charge is 0.332 e. The van der Waals surface area contributed by atoms with Gasteiger partial charge in [0.05, 0.1) is 0 Å². The van der Waals surface area contributed by atoms with Crippen molar-refractivity contribution in [2.45, 2.75) is 6.54 Å². The number of benzene rings is 2. The van der Waals surface area contributed by atoms with Crippen molar-refractivity contribution in [1.29, 1.82) is 0 Å². The van der Waals surface area contributed by atoms with Crippen LogP contribution in [-0.2, 0) is 18.4 Å². The monoisotopic (exact) mass is 439 g/mol. The topological polar surface area (TPSA) is 98.9 Å². The van der Waals surface area contributed by atoms with E-state index in [9.17, 15) is 18.8 Å². The molecule has 4 rings (SSSR count). The van der Waals surface area contributed by atoms with Crippen molar-refractivity contribution in [2.24, 2.45) is 7.05 Å². The standard InChI is InChI=1S/C21H15ClFN5O3/c1-27-19-16(10-24-18(26-19)12-2-4-13(22)5-3-12)20(30)28(21(27)31)11-17(29)25-15-8-6-14(23)7-9-15/h2-10H,11H2,1H3,(H,25,29). The van der Waals surface area contributed by atoms with Gasteiger partial charge in [-0.05, 0) is 48.5 Å². The van der Waals surface area contributed by atoms with E-state index in [0.29, 0.717) is 22.1 Å². The zero-order chi connectivity index (χ0) is 22.1. The van der Waals surface area contributed by atoms with E-state index in [1.165, 1.54) is 42.1 Å². The van der Waals surface area contributed by atoms with E-state index in [4.69, 9.17) is 11.6 Å². The maximum atomic E-state index is 13.0. The van der Waals surface area contributed by atoms with Crippen LogP contribution in [0.15, 0.2) is 64.3 Å². The first kappa shape index (κ1) is 20.4. The van der Waals surface area contributed by atoms with Crippen LogP contribution in [0.25, 0.3) is 22.4 Å². The lowest BCUT2D eigenvalue weighted by molar-refractivity contribution is -0.116. The molecule has 2 heterocycles. The molecule has 0 bridgehead atoms. The third-order valence-corrected chi connectivity index (χ3v) is 4.86. The first-order valence-electron chi connectivity index (χ1n) is 9.11. The second-order valence-electron chi connectivity index (χ2n) is 6.73. The smallest absolute Gasteiger partial charge is 0.325 e. The normalized spacial score (nSPS) is 10.9. The van der Waals surface area contributed by atoms with Gasteiger partial charge in [-0.25, -0.2) is 19.2 Å². The first-order valence-corrected chi connectivity index (χ1v) is 9.49. The van der Waals surface area contributed by atoms with Crippen LogP contribution in [0.4, 0.5) is 10.1 Å². The molecule has 0 spiro atoms. The molecule has 0 aliphatic heterocycles. The Hall–Kier alpha value is -3.85. The number of rotatable bonds is 4. The number of hydrogen-bond donors (Lipinski definition) is 1. The number of aromatic nitrogens is 4. The van der Waals surface area contributed by atoms with Crippen LogP contribution < -0.4 is 16.6 Å². The second-order valence-corrected chi connectivity index (χ2v) is 7.16. The van der Waals surface area contributed by atoms with Gasteiger partial charge in [-0.3, -0.25) is 18.7 Å². The number of aryl methyl sites for hydroxylation is 1. The van der Waals surface area contributed by atoms with Crippen molar-refractivity contribution >= 4 is 34.2 Å². The van der Waals surface area contributed by atoms with Gasteiger partial charge >= 0.3 is 5.69 Å². The first-order chi connectivity index (χ1) is 14.8. The number of carbonyl (C=O) groups excluding carboxylic acids is 1. The molecule has 8 nitrogen and oxygen atoms in total. The average molecular weight is 440 g/mol. The summed E-state index contributed by atoms with van der Waals surface area (Å²) in [4.78, 5) is 46.5. The predicted octanol–water partition coefficient (Wildman–Crippen LogP) is 2.59. The maximum absolute atomic E-state index is 13.0. The molecule has 0 aliphatic carbocycles. The highest BCUT2D eigenvalue weighted by molar-refractivity contribution is 6.30. The summed E-state index contributed by atoms with van der Waals surface area (Å²) in [6.45, 7) is -0.516. The minimum Gasteiger partial charge on any atom is -0.325 e. The molecule has 2 aromatic carbocycles. The van der Waals surface area contributed by atoms with Crippen molar-refractivity contribution in [2.75, 3.05) is 5.32 Å². The average Bonchev–Trinajstić information content (AvgIpc) is 2.77. The minimum atomic E-state index is -0.701. The van der Waals surface area contributed by atoms with Gasteiger partial charge in [0.2, 0.25) is 5.91 Å². The Morgan fingerprint density at radius 2 is 1.77 bits per heavy atom. The van der Waals surface area contributed by atoms with Crippen LogP contribution in [0.2, 0.25) is 5.02 Å². The van der Waals surface area contributed by atoms with E-state index in [0.717, 1.165) is 4.57 Å². The summed E-state index contributed by atoms with van der Waals surface area (Å²) >= 11 is 5.90. The summed E-state index contributed by atoms with van der Waals surface area (Å²) in [5.41, 5.74) is -0.234. The van der Waals surface area contributed by atoms with Crippen molar-refractivity contribution in [3.05, 3.63) is 86.4 Å². The van der Waals surface area contributed by atoms with Crippen LogP contribution in [0.3, 0.4) is 0 Å². The van der Waals surface area contributed by atoms with Gasteiger partial charge < -0.3 is 5.32 Å². The van der Waals surface area contributed by atoms with Gasteiger partial charge in [-0.1, -0.05) is 11.6 Å². The van der Waals surface area contributed by atoms with Crippen molar-refractivity contribution in [1.82, 2.24) is 19.1 Å². The van der Waals surface area contributed by atoms with Crippen molar-refractivity contribution in [3.8, 4) is 11.4 Å². The molecule has 0 aliphatic rings. The molecule has 0 fully saturated rings. The van der Waals surface area contributed by atoms with E-state index in [1.807, 2.05) is 0 Å². The van der Waals surface area contributed by atoms with Crippen LogP contribution in [0.1, 0.15) is 0 Å². The summed E-state index contributed by atoms with van der Waals surface area (Å²) in [5.74, 6) is -0.732. The highest BCUT2D eigenvalue weighted by Crippen LogP contribution is 2.19. The number of carbonyl (C=O) groups is 1. The van der Waals surface area contributed by atoms with E-state index in [-0.39, 0.29) is 11.0 Å². The third-order valence-electron chi connectivity index (χ3n) is 4.61. The minimum absolute atomic E-state index is 0.0920. The summed E-state index contributed by atoms with van der Waals surface area (Å²) < 4.78 is 15.0. The summed E-state index contributed by atoms with van der Waals surface area (Å²) in [6.07, 6.45) is 1.32. The molecule has 0 atom stereocenters. The Kier molecular flexibility index (Phi) is 5.35. The summed E-state index contributed by atoms with van der Waals surface area (Å²) in [7, 11) is 1.46. The number of hydrogen-bond acceptors (Lipinski definition) is 5. The number of halogens is 2. The molecule has 31 heavy (non-hydrogen) atoms. The Labute approximate surface area is 179 Å². The molecule has 1 N–H and O–H groups in total. The van der Waals surface area contributed by atoms with Gasteiger partial charge in [0, 0.05) is 29.5 Å². The zero-order valence-corrected chi connectivity index (χ0v) is 16.9. The molecule has 0 saturated carbocycles. The Morgan fingerprint density at radius 1 is 1.10 bits per heavy atom. The fourth-order valence-electron chi connectivity index (χ4n) is 3.04. The van der Waals surface area contributed by atoms with Gasteiger partial charge in [-0.15, -0.1) is 0 Å². The lowest BCUT2D eigenvalue weighted by Crippen LogP contribution is -2.42. The SMILES string of the molecule is Cn1c(=O)n(CC(=O)Nc2ccc(F)cc2)c(=O)c2cnc(-c3ccc(Cl)cc3)nc21. The van der Waals surface area contributed by atoms with Crippen molar-refractivity contribution in [3.63, 3.8) is 0 Å². The molecule has 0 saturated heterocycles. The number of nitrogens with zero attached hydrogens (tertiary/aromatic N) is 4. The van der Waals surface area contributed by atoms with Crippen LogP contribution in [-0.4, -0.2) is 25.0 Å². The van der Waals surface area contributed by atoms with E-state index in [2.05, 4.69) is 15.3 Å². The highest BCUT2D eigenvalue weighted by atomic mass is 35.5. The predicted molar refractivity (Wildman–Crippen MR) is 115 cm³/mol. The van der Waals surface area contributed by atoms with E-state index in [1.54, 1.807) is 24.3 Å². The van der Waals surface area contributed by atoms with Gasteiger partial charge in [-0.2, -0.15) is 0 Å². The quantitative estimate of drug-likeness (QED) is 0.527. The van der Waals surface area contributed by atoms with Crippen molar-refractivity contribution < 1.29 is 9.18 Å². The second kappa shape index (κ2) is 8.11. The molecule has 10 heteroatoms. The molecule has 0 unspecified atom stereocenters. The molecule has 156 valence electrons. The van der Waals surface area contributed by atoms with Gasteiger partial charge in [0.1, 0.15) is 17.7 Å². The molecular formula is C21H15ClFN5O3. The van der Waals surface area contributed by atoms with E-state index >= 15 is 0 Å². The van der Waals surface area contributed by atoms with Gasteiger partial charge in [0.25, 0.3) is 5.56 Å². The molecule has 4 aromatic rings. The molecule has 0 radical (unpaired) electrons. The molecule has 1 amide bonds. The number of anilines is 1. The lowest BCUT2D eigenvalue weighted by atomic mass is 10.2. The fourth-order valence-corrected chi connectivity index (χ4v) is 3.16. The zero-order valence-electron chi connectivity index (χ0n) is 16.2. The fraction of sp³-hybridized carbons (Fsp3) is 0.0952. The van der Waals surface area contributed by atoms with Crippen LogP contribution >= 0.6 is 11.6 Å². The third kappa shape index (κ3) is 4.08.